The summed E-state index contributed by atoms with van der Waals surface area (Å²) in [5.41, 5.74) is 13.2. The second kappa shape index (κ2) is 11.7. The second-order valence-electron chi connectivity index (χ2n) is 16.0. The highest BCUT2D eigenvalue weighted by Crippen LogP contribution is 2.55. The molecule has 11 aromatic rings. The average Bonchev–Trinajstić information content (AvgIpc) is 3.74. The van der Waals surface area contributed by atoms with Crippen LogP contribution in [0.3, 0.4) is 0 Å². The van der Waals surface area contributed by atoms with Crippen molar-refractivity contribution in [3.8, 4) is 44.5 Å². The highest BCUT2D eigenvalue weighted by atomic mass is 32.1. The van der Waals surface area contributed by atoms with Crippen molar-refractivity contribution in [3.05, 3.63) is 193 Å². The summed E-state index contributed by atoms with van der Waals surface area (Å²) in [6, 6.07) is 68.2. The second-order valence-corrected chi connectivity index (χ2v) is 17.0. The number of rotatable bonds is 3. The molecule has 0 radical (unpaired) electrons. The smallest absolute Gasteiger partial charge is 0.0434 e. The molecule has 0 fully saturated rings. The van der Waals surface area contributed by atoms with Gasteiger partial charge in [-0.05, 0) is 118 Å². The van der Waals surface area contributed by atoms with Crippen molar-refractivity contribution in [2.24, 2.45) is 0 Å². The third-order valence-corrected chi connectivity index (χ3v) is 13.8. The van der Waals surface area contributed by atoms with E-state index < -0.39 is 0 Å². The molecule has 0 saturated heterocycles. The number of fused-ring (bicyclic) bond motifs is 12. The van der Waals surface area contributed by atoms with Crippen LogP contribution in [0.15, 0.2) is 182 Å². The molecule has 0 bridgehead atoms. The third kappa shape index (κ3) is 4.41. The van der Waals surface area contributed by atoms with Crippen LogP contribution in [0.4, 0.5) is 0 Å². The summed E-state index contributed by atoms with van der Waals surface area (Å²) in [7, 11) is 0. The van der Waals surface area contributed by atoms with Gasteiger partial charge in [0.25, 0.3) is 0 Å². The van der Waals surface area contributed by atoms with Crippen LogP contribution in [0, 0.1) is 0 Å². The Morgan fingerprint density at radius 2 is 0.946 bits per heavy atom. The molecule has 1 aliphatic rings. The zero-order valence-electron chi connectivity index (χ0n) is 31.2. The lowest BCUT2D eigenvalue weighted by molar-refractivity contribution is 0.661. The number of hydrogen-bond acceptors (Lipinski definition) is 1. The van der Waals surface area contributed by atoms with Crippen molar-refractivity contribution in [2.45, 2.75) is 19.3 Å². The van der Waals surface area contributed by atoms with Gasteiger partial charge in [0.05, 0.1) is 0 Å². The number of benzene rings is 10. The fraction of sp³-hybridized carbons (Fsp3) is 0.0545. The van der Waals surface area contributed by atoms with Crippen molar-refractivity contribution in [1.82, 2.24) is 0 Å². The topological polar surface area (TPSA) is 0 Å². The first-order chi connectivity index (χ1) is 27.5. The highest BCUT2D eigenvalue weighted by Gasteiger charge is 2.37. The Labute approximate surface area is 329 Å². The molecule has 0 aliphatic heterocycles. The van der Waals surface area contributed by atoms with Crippen molar-refractivity contribution in [3.63, 3.8) is 0 Å². The molecular weight excluding hydrogens is 693 g/mol. The van der Waals surface area contributed by atoms with E-state index in [0.717, 1.165) is 0 Å². The zero-order valence-corrected chi connectivity index (χ0v) is 32.0. The summed E-state index contributed by atoms with van der Waals surface area (Å²) in [5.74, 6) is 0. The molecule has 1 aliphatic carbocycles. The summed E-state index contributed by atoms with van der Waals surface area (Å²) >= 11 is 1.94. The van der Waals surface area contributed by atoms with Gasteiger partial charge in [0, 0.05) is 31.0 Å². The van der Waals surface area contributed by atoms with Crippen LogP contribution >= 0.6 is 11.3 Å². The largest absolute Gasteiger partial charge is 0.135 e. The third-order valence-electron chi connectivity index (χ3n) is 12.6. The summed E-state index contributed by atoms with van der Waals surface area (Å²) in [6.07, 6.45) is 0. The van der Waals surface area contributed by atoms with Gasteiger partial charge < -0.3 is 0 Å². The molecule has 262 valence electrons. The van der Waals surface area contributed by atoms with E-state index in [1.165, 1.54) is 119 Å². The molecule has 0 N–H and O–H groups in total. The van der Waals surface area contributed by atoms with E-state index in [4.69, 9.17) is 0 Å². The Hall–Kier alpha value is -6.54. The Balaban J connectivity index is 1.12. The predicted molar refractivity (Wildman–Crippen MR) is 243 cm³/mol. The van der Waals surface area contributed by atoms with Crippen LogP contribution < -0.4 is 0 Å². The molecule has 56 heavy (non-hydrogen) atoms. The fourth-order valence-corrected chi connectivity index (χ4v) is 11.3. The molecule has 0 nitrogen and oxygen atoms in total. The van der Waals surface area contributed by atoms with E-state index in [0.29, 0.717) is 0 Å². The van der Waals surface area contributed by atoms with E-state index in [9.17, 15) is 0 Å². The Morgan fingerprint density at radius 1 is 0.357 bits per heavy atom. The Morgan fingerprint density at radius 3 is 1.68 bits per heavy atom. The minimum absolute atomic E-state index is 0.0439. The molecule has 12 rings (SSSR count). The summed E-state index contributed by atoms with van der Waals surface area (Å²) in [4.78, 5) is 0. The van der Waals surface area contributed by atoms with Crippen LogP contribution in [0.5, 0.6) is 0 Å². The van der Waals surface area contributed by atoms with Gasteiger partial charge in [-0.25, -0.2) is 0 Å². The Bertz CT molecular complexity index is 3390. The SMILES string of the molecule is CC1(C)c2ccccc2-c2c1ccc1sc3c4ccccc4c(-c4cccc(-c5c6ccccc6c(-c6ccc7ccccc7c6)c6ccccc56)c4)cc3c21. The lowest BCUT2D eigenvalue weighted by Crippen LogP contribution is -2.14. The van der Waals surface area contributed by atoms with Gasteiger partial charge in [-0.3, -0.25) is 0 Å². The van der Waals surface area contributed by atoms with Gasteiger partial charge in [0.2, 0.25) is 0 Å². The van der Waals surface area contributed by atoms with E-state index in [2.05, 4.69) is 196 Å². The normalized spacial score (nSPS) is 13.3. The van der Waals surface area contributed by atoms with E-state index >= 15 is 0 Å². The maximum Gasteiger partial charge on any atom is 0.0434 e. The van der Waals surface area contributed by atoms with E-state index in [1.54, 1.807) is 0 Å². The first kappa shape index (κ1) is 31.8. The maximum atomic E-state index is 2.50. The van der Waals surface area contributed by atoms with Crippen LogP contribution in [-0.2, 0) is 5.41 Å². The first-order valence-electron chi connectivity index (χ1n) is 19.6. The van der Waals surface area contributed by atoms with Crippen molar-refractivity contribution in [1.29, 1.82) is 0 Å². The van der Waals surface area contributed by atoms with E-state index in [1.807, 2.05) is 11.3 Å². The molecule has 0 saturated carbocycles. The molecule has 0 amide bonds. The molecule has 10 aromatic carbocycles. The van der Waals surface area contributed by atoms with Gasteiger partial charge in [-0.2, -0.15) is 0 Å². The minimum atomic E-state index is -0.0439. The molecule has 0 atom stereocenters. The lowest BCUT2D eigenvalue weighted by atomic mass is 9.82. The number of hydrogen-bond donors (Lipinski definition) is 0. The molecular formula is C55H36S. The molecule has 0 spiro atoms. The average molecular weight is 729 g/mol. The fourth-order valence-electron chi connectivity index (χ4n) is 10.1. The Kier molecular flexibility index (Phi) is 6.66. The number of thiophene rings is 1. The van der Waals surface area contributed by atoms with Crippen LogP contribution in [-0.4, -0.2) is 0 Å². The van der Waals surface area contributed by atoms with Crippen LogP contribution in [0.1, 0.15) is 25.0 Å². The standard InChI is InChI=1S/C55H36S/c1-55(2)47-25-12-11-24-44(47)52-48(55)28-29-49-53(52)46-32-45(38-18-5-10-23-43(38)54(46)56-49)35-16-13-17-36(31-35)50-39-19-6-8-21-41(39)51(42-22-9-7-20-40(42)50)37-27-26-33-14-3-4-15-34(33)30-37/h3-32H,1-2H3. The summed E-state index contributed by atoms with van der Waals surface area (Å²) in [5, 5.41) is 13.0. The minimum Gasteiger partial charge on any atom is -0.135 e. The van der Waals surface area contributed by atoms with Gasteiger partial charge in [-0.1, -0.05) is 172 Å². The zero-order chi connectivity index (χ0) is 37.1. The molecule has 1 heterocycles. The van der Waals surface area contributed by atoms with Crippen molar-refractivity contribution >= 4 is 74.6 Å². The highest BCUT2D eigenvalue weighted by molar-refractivity contribution is 7.26. The van der Waals surface area contributed by atoms with Gasteiger partial charge in [0.15, 0.2) is 0 Å². The quantitative estimate of drug-likeness (QED) is 0.159. The van der Waals surface area contributed by atoms with E-state index in [-0.39, 0.29) is 5.41 Å². The predicted octanol–water partition coefficient (Wildman–Crippen LogP) is 16.0. The first-order valence-corrected chi connectivity index (χ1v) is 20.4. The lowest BCUT2D eigenvalue weighted by Gasteiger charge is -2.21. The van der Waals surface area contributed by atoms with Crippen LogP contribution in [0.25, 0.3) is 108 Å². The molecule has 1 aromatic heterocycles. The van der Waals surface area contributed by atoms with Crippen LogP contribution in [0.2, 0.25) is 0 Å². The summed E-state index contributed by atoms with van der Waals surface area (Å²) in [6.45, 7) is 4.76. The van der Waals surface area contributed by atoms with Crippen molar-refractivity contribution < 1.29 is 0 Å². The summed E-state index contributed by atoms with van der Waals surface area (Å²) < 4.78 is 2.72. The van der Waals surface area contributed by atoms with Gasteiger partial charge in [0.1, 0.15) is 0 Å². The van der Waals surface area contributed by atoms with Gasteiger partial charge >= 0.3 is 0 Å². The molecule has 0 unspecified atom stereocenters. The maximum absolute atomic E-state index is 2.50. The van der Waals surface area contributed by atoms with Crippen molar-refractivity contribution in [2.75, 3.05) is 0 Å². The monoisotopic (exact) mass is 728 g/mol. The molecule has 1 heteroatoms. The van der Waals surface area contributed by atoms with Gasteiger partial charge in [-0.15, -0.1) is 11.3 Å².